The number of hydrogen-bond acceptors (Lipinski definition) is 5. The van der Waals surface area contributed by atoms with Gasteiger partial charge in [0.1, 0.15) is 5.60 Å². The molecule has 30 heavy (non-hydrogen) atoms. The summed E-state index contributed by atoms with van der Waals surface area (Å²) in [5.41, 5.74) is 1.01. The van der Waals surface area contributed by atoms with Gasteiger partial charge in [0.05, 0.1) is 4.90 Å². The summed E-state index contributed by atoms with van der Waals surface area (Å²) in [5.74, 6) is -0.0677. The Kier molecular flexibility index (Phi) is 7.87. The van der Waals surface area contributed by atoms with Crippen molar-refractivity contribution in [1.82, 2.24) is 14.9 Å². The van der Waals surface area contributed by atoms with Gasteiger partial charge in [-0.1, -0.05) is 12.1 Å². The average Bonchev–Trinajstić information content (AvgIpc) is 2.62. The fourth-order valence-electron chi connectivity index (χ4n) is 3.27. The Morgan fingerprint density at radius 3 is 2.40 bits per heavy atom. The third-order valence-corrected chi connectivity index (χ3v) is 6.47. The fourth-order valence-corrected chi connectivity index (χ4v) is 4.90. The van der Waals surface area contributed by atoms with Crippen LogP contribution in [0.25, 0.3) is 0 Å². The highest BCUT2D eigenvalue weighted by atomic mass is 32.2. The molecule has 0 atom stereocenters. The molecule has 1 aromatic carbocycles. The Morgan fingerprint density at radius 1 is 1.17 bits per heavy atom. The lowest BCUT2D eigenvalue weighted by Gasteiger charge is -2.32. The molecule has 1 aromatic rings. The normalized spacial score (nSPS) is 15.7. The molecule has 2 rings (SSSR count). The molecule has 1 heterocycles. The van der Waals surface area contributed by atoms with Crippen molar-refractivity contribution in [2.45, 2.75) is 70.4 Å². The molecule has 0 aliphatic carbocycles. The molecule has 2 N–H and O–H groups in total. The molecular weight excluding hydrogens is 406 g/mol. The number of nitrogens with zero attached hydrogens (tertiary/aromatic N) is 1. The minimum Gasteiger partial charge on any atom is -0.444 e. The Hall–Kier alpha value is -2.13. The van der Waals surface area contributed by atoms with Gasteiger partial charge in [-0.2, -0.15) is 0 Å². The van der Waals surface area contributed by atoms with Gasteiger partial charge in [0.15, 0.2) is 0 Å². The summed E-state index contributed by atoms with van der Waals surface area (Å²) in [5, 5.41) is 2.58. The van der Waals surface area contributed by atoms with Crippen LogP contribution in [-0.2, 0) is 19.6 Å². The first-order valence-corrected chi connectivity index (χ1v) is 11.7. The molecule has 0 aromatic heterocycles. The number of nitrogens with one attached hydrogen (secondary N) is 2. The molecule has 168 valence electrons. The molecule has 8 nitrogen and oxygen atoms in total. The van der Waals surface area contributed by atoms with E-state index in [0.717, 1.165) is 5.56 Å². The third kappa shape index (κ3) is 7.28. The highest BCUT2D eigenvalue weighted by molar-refractivity contribution is 7.89. The SMILES string of the molecule is Cc1ccc(C)c(S(=O)(=O)NC2CCN(C(=O)CCNC(=O)OC(C)(C)C)CC2)c1. The number of benzene rings is 1. The summed E-state index contributed by atoms with van der Waals surface area (Å²) in [6, 6.07) is 5.15. The summed E-state index contributed by atoms with van der Waals surface area (Å²) in [6.45, 7) is 10.1. The van der Waals surface area contributed by atoms with E-state index >= 15 is 0 Å². The average molecular weight is 440 g/mol. The number of carbonyl (C=O) groups is 2. The molecule has 0 spiro atoms. The molecule has 1 aliphatic rings. The number of piperidine rings is 1. The van der Waals surface area contributed by atoms with Gasteiger partial charge in [-0.05, 0) is 64.7 Å². The zero-order chi connectivity index (χ0) is 22.5. The van der Waals surface area contributed by atoms with Crippen LogP contribution in [0, 0.1) is 13.8 Å². The Bertz CT molecular complexity index is 869. The number of rotatable bonds is 6. The Balaban J connectivity index is 1.80. The topological polar surface area (TPSA) is 105 Å². The van der Waals surface area contributed by atoms with Crippen molar-refractivity contribution in [2.75, 3.05) is 19.6 Å². The lowest BCUT2D eigenvalue weighted by atomic mass is 10.1. The lowest BCUT2D eigenvalue weighted by molar-refractivity contribution is -0.132. The van der Waals surface area contributed by atoms with E-state index in [9.17, 15) is 18.0 Å². The van der Waals surface area contributed by atoms with Crippen LogP contribution in [0.1, 0.15) is 51.2 Å². The van der Waals surface area contributed by atoms with Gasteiger partial charge < -0.3 is 15.0 Å². The van der Waals surface area contributed by atoms with Crippen LogP contribution < -0.4 is 10.0 Å². The quantitative estimate of drug-likeness (QED) is 0.709. The van der Waals surface area contributed by atoms with E-state index in [0.29, 0.717) is 36.4 Å². The van der Waals surface area contributed by atoms with Crippen LogP contribution >= 0.6 is 0 Å². The van der Waals surface area contributed by atoms with Gasteiger partial charge in [0, 0.05) is 32.1 Å². The number of ether oxygens (including phenoxy) is 1. The Morgan fingerprint density at radius 2 is 1.80 bits per heavy atom. The van der Waals surface area contributed by atoms with E-state index in [-0.39, 0.29) is 24.9 Å². The number of amides is 2. The molecule has 1 aliphatic heterocycles. The van der Waals surface area contributed by atoms with E-state index in [2.05, 4.69) is 10.0 Å². The molecule has 0 unspecified atom stereocenters. The molecule has 1 fully saturated rings. The number of likely N-dealkylation sites (tertiary alicyclic amines) is 1. The maximum atomic E-state index is 12.7. The summed E-state index contributed by atoms with van der Waals surface area (Å²) in [6.07, 6.45) is 0.734. The highest BCUT2D eigenvalue weighted by Gasteiger charge is 2.27. The van der Waals surface area contributed by atoms with Crippen molar-refractivity contribution < 1.29 is 22.7 Å². The fraction of sp³-hybridized carbons (Fsp3) is 0.619. The number of sulfonamides is 1. The maximum absolute atomic E-state index is 12.7. The summed E-state index contributed by atoms with van der Waals surface area (Å²) >= 11 is 0. The largest absolute Gasteiger partial charge is 0.444 e. The second-order valence-corrected chi connectivity index (χ2v) is 10.4. The van der Waals surface area contributed by atoms with Crippen LogP contribution in [0.2, 0.25) is 0 Å². The van der Waals surface area contributed by atoms with Crippen molar-refractivity contribution in [1.29, 1.82) is 0 Å². The standard InChI is InChI=1S/C21H33N3O5S/c1-15-6-7-16(2)18(14-15)30(27,28)23-17-9-12-24(13-10-17)19(25)8-11-22-20(26)29-21(3,4)5/h6-7,14,17,23H,8-13H2,1-5H3,(H,22,26). The zero-order valence-electron chi connectivity index (χ0n) is 18.4. The Labute approximate surface area is 179 Å². The first-order valence-electron chi connectivity index (χ1n) is 10.2. The summed E-state index contributed by atoms with van der Waals surface area (Å²) < 4.78 is 33.4. The van der Waals surface area contributed by atoms with Crippen molar-refractivity contribution >= 4 is 22.0 Å². The van der Waals surface area contributed by atoms with Gasteiger partial charge in [-0.3, -0.25) is 4.79 Å². The number of carbonyl (C=O) groups excluding carboxylic acids is 2. The first-order chi connectivity index (χ1) is 13.9. The van der Waals surface area contributed by atoms with Crippen LogP contribution in [0.5, 0.6) is 0 Å². The van der Waals surface area contributed by atoms with E-state index in [4.69, 9.17) is 4.74 Å². The van der Waals surface area contributed by atoms with E-state index in [1.165, 1.54) is 0 Å². The first kappa shape index (κ1) is 24.1. The predicted octanol–water partition coefficient (Wildman–Crippen LogP) is 2.49. The third-order valence-electron chi connectivity index (χ3n) is 4.81. The highest BCUT2D eigenvalue weighted by Crippen LogP contribution is 2.19. The summed E-state index contributed by atoms with van der Waals surface area (Å²) in [4.78, 5) is 26.0. The van der Waals surface area contributed by atoms with E-state index in [1.54, 1.807) is 44.7 Å². The molecule has 9 heteroatoms. The van der Waals surface area contributed by atoms with Crippen LogP contribution in [0.15, 0.2) is 23.1 Å². The van der Waals surface area contributed by atoms with Gasteiger partial charge in [-0.15, -0.1) is 0 Å². The van der Waals surface area contributed by atoms with Gasteiger partial charge in [-0.25, -0.2) is 17.9 Å². The second-order valence-electron chi connectivity index (χ2n) is 8.72. The number of aryl methyl sites for hydroxylation is 2. The predicted molar refractivity (Wildman–Crippen MR) is 115 cm³/mol. The smallest absolute Gasteiger partial charge is 0.407 e. The number of alkyl carbamates (subject to hydrolysis) is 1. The van der Waals surface area contributed by atoms with Crippen molar-refractivity contribution in [3.05, 3.63) is 29.3 Å². The van der Waals surface area contributed by atoms with E-state index in [1.807, 2.05) is 13.0 Å². The van der Waals surface area contributed by atoms with Crippen molar-refractivity contribution in [2.24, 2.45) is 0 Å². The monoisotopic (exact) mass is 439 g/mol. The van der Waals surface area contributed by atoms with E-state index < -0.39 is 21.7 Å². The van der Waals surface area contributed by atoms with Crippen LogP contribution in [0.4, 0.5) is 4.79 Å². The zero-order valence-corrected chi connectivity index (χ0v) is 19.3. The molecule has 0 radical (unpaired) electrons. The van der Waals surface area contributed by atoms with Crippen LogP contribution in [0.3, 0.4) is 0 Å². The molecule has 0 saturated carbocycles. The van der Waals surface area contributed by atoms with Crippen molar-refractivity contribution in [3.8, 4) is 0 Å². The second kappa shape index (κ2) is 9.78. The number of hydrogen-bond donors (Lipinski definition) is 2. The van der Waals surface area contributed by atoms with Gasteiger partial charge >= 0.3 is 6.09 Å². The molecule has 0 bridgehead atoms. The molecular formula is C21H33N3O5S. The van der Waals surface area contributed by atoms with Crippen molar-refractivity contribution in [3.63, 3.8) is 0 Å². The molecule has 2 amide bonds. The minimum absolute atomic E-state index is 0.0677. The molecule has 1 saturated heterocycles. The maximum Gasteiger partial charge on any atom is 0.407 e. The summed E-state index contributed by atoms with van der Waals surface area (Å²) in [7, 11) is -3.60. The van der Waals surface area contributed by atoms with Crippen LogP contribution in [-0.4, -0.2) is 56.6 Å². The van der Waals surface area contributed by atoms with Gasteiger partial charge in [0.2, 0.25) is 15.9 Å². The minimum atomic E-state index is -3.60. The lowest BCUT2D eigenvalue weighted by Crippen LogP contribution is -2.47. The van der Waals surface area contributed by atoms with Gasteiger partial charge in [0.25, 0.3) is 0 Å².